The lowest BCUT2D eigenvalue weighted by Gasteiger charge is -2.04. The number of hydrogen-bond donors (Lipinski definition) is 1. The molecule has 0 radical (unpaired) electrons. The number of rotatable bonds is 4. The first-order valence-corrected chi connectivity index (χ1v) is 7.04. The second kappa shape index (κ2) is 6.16. The minimum absolute atomic E-state index is 0.0855. The third-order valence-corrected chi connectivity index (χ3v) is 3.37. The molecule has 0 saturated carbocycles. The number of aromatic nitrogens is 6. The molecule has 0 saturated heterocycles. The van der Waals surface area contributed by atoms with Crippen molar-refractivity contribution in [3.63, 3.8) is 0 Å². The molecule has 3 heterocycles. The predicted octanol–water partition coefficient (Wildman–Crippen LogP) is 2.28. The highest BCUT2D eigenvalue weighted by atomic mass is 35.5. The molecule has 8 nitrogen and oxygen atoms in total. The molecule has 12 heteroatoms. The number of carboxylic acids is 1. The van der Waals surface area contributed by atoms with Crippen molar-refractivity contribution in [1.29, 1.82) is 0 Å². The van der Waals surface area contributed by atoms with Gasteiger partial charge in [0.1, 0.15) is 0 Å². The smallest absolute Gasteiger partial charge is 0.436 e. The number of alkyl halides is 3. The fourth-order valence-corrected chi connectivity index (χ4v) is 2.23. The van der Waals surface area contributed by atoms with Gasteiger partial charge in [-0.15, -0.1) is 5.10 Å². The predicted molar refractivity (Wildman–Crippen MR) is 77.5 cm³/mol. The van der Waals surface area contributed by atoms with E-state index in [1.54, 1.807) is 6.07 Å². The highest BCUT2D eigenvalue weighted by molar-refractivity contribution is 6.32. The summed E-state index contributed by atoms with van der Waals surface area (Å²) in [5.74, 6) is -1.21. The zero-order valence-corrected chi connectivity index (χ0v) is 12.9. The van der Waals surface area contributed by atoms with Gasteiger partial charge in [-0.3, -0.25) is 0 Å². The summed E-state index contributed by atoms with van der Waals surface area (Å²) in [6.45, 7) is -0.208. The summed E-state index contributed by atoms with van der Waals surface area (Å²) in [5.41, 5.74) is -1.25. The molecule has 0 amide bonds. The summed E-state index contributed by atoms with van der Waals surface area (Å²) in [6, 6.07) is 4.26. The monoisotopic (exact) mass is 372 g/mol. The summed E-state index contributed by atoms with van der Waals surface area (Å²) in [5, 5.41) is 19.9. The summed E-state index contributed by atoms with van der Waals surface area (Å²) >= 11 is 5.99. The second-order valence-corrected chi connectivity index (χ2v) is 5.25. The average Bonchev–Trinajstić information content (AvgIpc) is 3.15. The van der Waals surface area contributed by atoms with E-state index in [2.05, 4.69) is 20.4 Å². The molecule has 3 rings (SSSR count). The van der Waals surface area contributed by atoms with Gasteiger partial charge in [0, 0.05) is 6.20 Å². The Morgan fingerprint density at radius 1 is 1.36 bits per heavy atom. The molecule has 0 aliphatic rings. The lowest BCUT2D eigenvalue weighted by atomic mass is 10.3. The molecule has 1 N–H and O–H groups in total. The zero-order valence-electron chi connectivity index (χ0n) is 12.1. The molecular formula is C13H8ClF3N6O2. The summed E-state index contributed by atoms with van der Waals surface area (Å²) in [7, 11) is 0. The number of pyridine rings is 1. The van der Waals surface area contributed by atoms with Crippen molar-refractivity contribution in [1.82, 2.24) is 29.8 Å². The standard InChI is InChI=1S/C13H8ClF3N6O2/c14-8-2-1-3-18-11(8)23-9(12(24)25)4-7(20-23)5-22-6-10(19-21-22)13(15,16)17/h1-4,6H,5H2,(H,24,25). The van der Waals surface area contributed by atoms with Crippen molar-refractivity contribution < 1.29 is 23.1 Å². The van der Waals surface area contributed by atoms with Gasteiger partial charge in [-0.25, -0.2) is 19.1 Å². The van der Waals surface area contributed by atoms with E-state index >= 15 is 0 Å². The van der Waals surface area contributed by atoms with Crippen LogP contribution in [0, 0.1) is 0 Å². The highest BCUT2D eigenvalue weighted by Gasteiger charge is 2.34. The molecule has 3 aromatic heterocycles. The number of hydrogen-bond acceptors (Lipinski definition) is 5. The maximum Gasteiger partial charge on any atom is 0.436 e. The SMILES string of the molecule is O=C(O)c1cc(Cn2cc(C(F)(F)F)nn2)nn1-c1ncccc1Cl. The number of carboxylic acid groups (broad SMARTS) is 1. The molecule has 3 aromatic rings. The largest absolute Gasteiger partial charge is 0.477 e. The van der Waals surface area contributed by atoms with Gasteiger partial charge >= 0.3 is 12.1 Å². The fraction of sp³-hybridized carbons (Fsp3) is 0.154. The molecule has 130 valence electrons. The third kappa shape index (κ3) is 3.45. The molecule has 25 heavy (non-hydrogen) atoms. The Labute approximate surface area is 142 Å². The topological polar surface area (TPSA) is 98.7 Å². The molecule has 0 unspecified atom stereocenters. The number of nitrogens with zero attached hydrogens (tertiary/aromatic N) is 6. The van der Waals surface area contributed by atoms with Crippen LogP contribution in [0.3, 0.4) is 0 Å². The van der Waals surface area contributed by atoms with Crippen LogP contribution in [0.1, 0.15) is 21.9 Å². The number of carbonyl (C=O) groups is 1. The van der Waals surface area contributed by atoms with Crippen LogP contribution in [0.25, 0.3) is 5.82 Å². The van der Waals surface area contributed by atoms with Gasteiger partial charge in [-0.1, -0.05) is 16.8 Å². The Morgan fingerprint density at radius 2 is 2.12 bits per heavy atom. The quantitative estimate of drug-likeness (QED) is 0.754. The normalized spacial score (nSPS) is 11.7. The van der Waals surface area contributed by atoms with E-state index < -0.39 is 17.8 Å². The molecular weight excluding hydrogens is 365 g/mol. The van der Waals surface area contributed by atoms with E-state index in [1.165, 1.54) is 18.3 Å². The maximum absolute atomic E-state index is 12.5. The van der Waals surface area contributed by atoms with E-state index in [4.69, 9.17) is 11.6 Å². The lowest BCUT2D eigenvalue weighted by Crippen LogP contribution is -2.10. The minimum atomic E-state index is -4.62. The van der Waals surface area contributed by atoms with Gasteiger partial charge in [0.25, 0.3) is 0 Å². The zero-order chi connectivity index (χ0) is 18.2. The highest BCUT2D eigenvalue weighted by Crippen LogP contribution is 2.27. The molecule has 0 fully saturated rings. The van der Waals surface area contributed by atoms with Crippen LogP contribution < -0.4 is 0 Å². The Hall–Kier alpha value is -2.95. The summed E-state index contributed by atoms with van der Waals surface area (Å²) in [6.07, 6.45) is -2.51. The van der Waals surface area contributed by atoms with Crippen LogP contribution in [0.15, 0.2) is 30.6 Å². The van der Waals surface area contributed by atoms with Crippen molar-refractivity contribution in [2.45, 2.75) is 12.7 Å². The van der Waals surface area contributed by atoms with Crippen LogP contribution >= 0.6 is 11.6 Å². The fourth-order valence-electron chi connectivity index (χ4n) is 2.03. The van der Waals surface area contributed by atoms with E-state index in [-0.39, 0.29) is 28.8 Å². The van der Waals surface area contributed by atoms with E-state index in [9.17, 15) is 23.1 Å². The van der Waals surface area contributed by atoms with Crippen molar-refractivity contribution >= 4 is 17.6 Å². The van der Waals surface area contributed by atoms with Crippen LogP contribution in [0.5, 0.6) is 0 Å². The number of halogens is 4. The van der Waals surface area contributed by atoms with Gasteiger partial charge < -0.3 is 5.11 Å². The van der Waals surface area contributed by atoms with E-state index in [1.807, 2.05) is 0 Å². The molecule has 0 bridgehead atoms. The molecule has 0 aliphatic heterocycles. The van der Waals surface area contributed by atoms with Gasteiger partial charge in [-0.2, -0.15) is 18.3 Å². The summed E-state index contributed by atoms with van der Waals surface area (Å²) in [4.78, 5) is 15.4. The maximum atomic E-state index is 12.5. The van der Waals surface area contributed by atoms with E-state index in [0.717, 1.165) is 9.36 Å². The van der Waals surface area contributed by atoms with Gasteiger partial charge in [0.15, 0.2) is 17.2 Å². The van der Waals surface area contributed by atoms with E-state index in [0.29, 0.717) is 6.20 Å². The average molecular weight is 373 g/mol. The van der Waals surface area contributed by atoms with Gasteiger partial charge in [0.2, 0.25) is 0 Å². The Kier molecular flexibility index (Phi) is 4.17. The minimum Gasteiger partial charge on any atom is -0.477 e. The molecule has 0 aromatic carbocycles. The molecule has 0 aliphatic carbocycles. The van der Waals surface area contributed by atoms with Crippen LogP contribution in [-0.4, -0.2) is 40.8 Å². The Bertz CT molecular complexity index is 936. The first-order valence-electron chi connectivity index (χ1n) is 6.66. The van der Waals surface area contributed by atoms with Crippen LogP contribution in [0.2, 0.25) is 5.02 Å². The lowest BCUT2D eigenvalue weighted by molar-refractivity contribution is -0.141. The van der Waals surface area contributed by atoms with Crippen molar-refractivity contribution in [3.8, 4) is 5.82 Å². The van der Waals surface area contributed by atoms with Crippen molar-refractivity contribution in [2.75, 3.05) is 0 Å². The van der Waals surface area contributed by atoms with Crippen LogP contribution in [-0.2, 0) is 12.7 Å². The third-order valence-electron chi connectivity index (χ3n) is 3.07. The van der Waals surface area contributed by atoms with Crippen LogP contribution in [0.4, 0.5) is 13.2 Å². The molecule has 0 spiro atoms. The molecule has 0 atom stereocenters. The first kappa shape index (κ1) is 16.9. The Balaban J connectivity index is 1.96. The van der Waals surface area contributed by atoms with Gasteiger partial charge in [-0.05, 0) is 18.2 Å². The van der Waals surface area contributed by atoms with Gasteiger partial charge in [0.05, 0.1) is 23.5 Å². The Morgan fingerprint density at radius 3 is 2.72 bits per heavy atom. The second-order valence-electron chi connectivity index (χ2n) is 4.85. The first-order chi connectivity index (χ1) is 11.8. The summed E-state index contributed by atoms with van der Waals surface area (Å²) < 4.78 is 39.5. The number of aromatic carboxylic acids is 1. The van der Waals surface area contributed by atoms with Crippen molar-refractivity contribution in [3.05, 3.63) is 52.7 Å². The van der Waals surface area contributed by atoms with Crippen molar-refractivity contribution in [2.24, 2.45) is 0 Å².